The first-order valence-electron chi connectivity index (χ1n) is 8.62. The van der Waals surface area contributed by atoms with E-state index in [1.54, 1.807) is 11.8 Å². The van der Waals surface area contributed by atoms with Gasteiger partial charge in [-0.1, -0.05) is 24.3 Å². The van der Waals surface area contributed by atoms with Crippen molar-refractivity contribution in [2.45, 2.75) is 30.3 Å². The maximum Gasteiger partial charge on any atom is 0.225 e. The van der Waals surface area contributed by atoms with Gasteiger partial charge in [0.25, 0.3) is 0 Å². The molecule has 0 aliphatic carbocycles. The summed E-state index contributed by atoms with van der Waals surface area (Å²) in [5.41, 5.74) is 0.763. The van der Waals surface area contributed by atoms with Crippen molar-refractivity contribution in [2.24, 2.45) is 0 Å². The van der Waals surface area contributed by atoms with Crippen LogP contribution in [0, 0.1) is 0 Å². The molecule has 2 aromatic rings. The topological polar surface area (TPSA) is 47.6 Å². The number of rotatable bonds is 8. The van der Waals surface area contributed by atoms with Crippen molar-refractivity contribution in [3.63, 3.8) is 0 Å². The highest BCUT2D eigenvalue weighted by atomic mass is 32.2. The van der Waals surface area contributed by atoms with Crippen LogP contribution in [0.15, 0.2) is 59.5 Å². The molecule has 0 spiro atoms. The van der Waals surface area contributed by atoms with Gasteiger partial charge in [-0.25, -0.2) is 0 Å². The van der Waals surface area contributed by atoms with E-state index in [4.69, 9.17) is 9.47 Å². The summed E-state index contributed by atoms with van der Waals surface area (Å²) in [6, 6.07) is 17.6. The molecule has 1 aliphatic rings. The summed E-state index contributed by atoms with van der Waals surface area (Å²) in [4.78, 5) is 13.3. The fourth-order valence-corrected chi connectivity index (χ4v) is 3.50. The lowest BCUT2D eigenvalue weighted by Crippen LogP contribution is -2.16. The monoisotopic (exact) mass is 357 g/mol. The Morgan fingerprint density at radius 2 is 2.08 bits per heavy atom. The van der Waals surface area contributed by atoms with Gasteiger partial charge >= 0.3 is 0 Å². The average Bonchev–Trinajstić information content (AvgIpc) is 3.15. The Kier molecular flexibility index (Phi) is 6.77. The highest BCUT2D eigenvalue weighted by Crippen LogP contribution is 2.21. The van der Waals surface area contributed by atoms with E-state index in [9.17, 15) is 4.79 Å². The van der Waals surface area contributed by atoms with Crippen molar-refractivity contribution < 1.29 is 14.3 Å². The normalized spacial score (nSPS) is 16.6. The van der Waals surface area contributed by atoms with E-state index in [0.717, 1.165) is 36.6 Å². The summed E-state index contributed by atoms with van der Waals surface area (Å²) in [6.07, 6.45) is 2.81. The molecule has 3 rings (SSSR count). The largest absolute Gasteiger partial charge is 0.491 e. The molecule has 0 bridgehead atoms. The minimum atomic E-state index is 0.0136. The number of nitrogens with one attached hydrogen (secondary N) is 1. The van der Waals surface area contributed by atoms with Crippen LogP contribution in [0.3, 0.4) is 0 Å². The van der Waals surface area contributed by atoms with Crippen molar-refractivity contribution >= 4 is 23.4 Å². The van der Waals surface area contributed by atoms with Crippen LogP contribution in [-0.2, 0) is 9.53 Å². The van der Waals surface area contributed by atoms with Gasteiger partial charge in [0.1, 0.15) is 12.4 Å². The lowest BCUT2D eigenvalue weighted by atomic mass is 10.2. The molecule has 1 N–H and O–H groups in total. The highest BCUT2D eigenvalue weighted by molar-refractivity contribution is 7.99. The summed E-state index contributed by atoms with van der Waals surface area (Å²) in [5, 5.41) is 2.93. The van der Waals surface area contributed by atoms with Gasteiger partial charge in [-0.2, -0.15) is 0 Å². The third-order valence-corrected chi connectivity index (χ3v) is 4.93. The summed E-state index contributed by atoms with van der Waals surface area (Å²) in [6.45, 7) is 1.39. The molecular formula is C20H23NO3S. The lowest BCUT2D eigenvalue weighted by Gasteiger charge is -2.12. The van der Waals surface area contributed by atoms with Crippen LogP contribution >= 0.6 is 11.8 Å². The number of amides is 1. The first kappa shape index (κ1) is 17.8. The Bertz CT molecular complexity index is 672. The molecule has 0 aromatic heterocycles. The second-order valence-electron chi connectivity index (χ2n) is 5.93. The van der Waals surface area contributed by atoms with Gasteiger partial charge in [0, 0.05) is 35.4 Å². The van der Waals surface area contributed by atoms with E-state index in [0.29, 0.717) is 13.0 Å². The predicted molar refractivity (Wildman–Crippen MR) is 101 cm³/mol. The van der Waals surface area contributed by atoms with E-state index in [1.807, 2.05) is 42.5 Å². The van der Waals surface area contributed by atoms with Crippen LogP contribution in [0.2, 0.25) is 0 Å². The van der Waals surface area contributed by atoms with Gasteiger partial charge < -0.3 is 14.8 Å². The summed E-state index contributed by atoms with van der Waals surface area (Å²) in [7, 11) is 0. The van der Waals surface area contributed by atoms with Gasteiger partial charge in [0.05, 0.1) is 6.10 Å². The highest BCUT2D eigenvalue weighted by Gasteiger charge is 2.16. The van der Waals surface area contributed by atoms with Crippen molar-refractivity contribution in [2.75, 3.05) is 24.3 Å². The number of ether oxygens (including phenoxy) is 2. The number of carbonyl (C=O) groups is 1. The molecule has 1 atom stereocenters. The molecule has 1 heterocycles. The van der Waals surface area contributed by atoms with Crippen molar-refractivity contribution in [3.8, 4) is 5.75 Å². The summed E-state index contributed by atoms with van der Waals surface area (Å²) < 4.78 is 11.3. The predicted octanol–water partition coefficient (Wildman–Crippen LogP) is 4.37. The second-order valence-corrected chi connectivity index (χ2v) is 7.10. The molecular weight excluding hydrogens is 334 g/mol. The van der Waals surface area contributed by atoms with E-state index >= 15 is 0 Å². The molecule has 1 saturated heterocycles. The quantitative estimate of drug-likeness (QED) is 0.713. The Morgan fingerprint density at radius 3 is 2.88 bits per heavy atom. The summed E-state index contributed by atoms with van der Waals surface area (Å²) in [5.74, 6) is 1.53. The zero-order valence-electron chi connectivity index (χ0n) is 14.1. The van der Waals surface area contributed by atoms with Crippen LogP contribution < -0.4 is 10.1 Å². The molecule has 132 valence electrons. The van der Waals surface area contributed by atoms with Gasteiger partial charge in [-0.05, 0) is 37.1 Å². The molecule has 25 heavy (non-hydrogen) atoms. The zero-order chi connectivity index (χ0) is 17.3. The number of benzene rings is 2. The Hall–Kier alpha value is -1.98. The maximum atomic E-state index is 12.1. The van der Waals surface area contributed by atoms with E-state index in [-0.39, 0.29) is 12.0 Å². The Balaban J connectivity index is 1.42. The van der Waals surface area contributed by atoms with Crippen molar-refractivity contribution in [3.05, 3.63) is 54.6 Å². The molecule has 5 heteroatoms. The second kappa shape index (κ2) is 9.49. The van der Waals surface area contributed by atoms with E-state index < -0.39 is 0 Å². The van der Waals surface area contributed by atoms with E-state index in [2.05, 4.69) is 17.4 Å². The van der Waals surface area contributed by atoms with Crippen LogP contribution in [0.4, 0.5) is 5.69 Å². The number of anilines is 1. The van der Waals surface area contributed by atoms with Crippen LogP contribution in [0.5, 0.6) is 5.75 Å². The third-order valence-electron chi connectivity index (χ3n) is 3.92. The first-order valence-corrected chi connectivity index (χ1v) is 9.60. The minimum absolute atomic E-state index is 0.0136. The number of thioether (sulfide) groups is 1. The molecule has 4 nitrogen and oxygen atoms in total. The fourth-order valence-electron chi connectivity index (χ4n) is 2.63. The number of hydrogen-bond donors (Lipinski definition) is 1. The first-order chi connectivity index (χ1) is 12.3. The third kappa shape index (κ3) is 6.11. The molecule has 1 fully saturated rings. The molecule has 0 radical (unpaired) electrons. The maximum absolute atomic E-state index is 12.1. The Labute approximate surface area is 152 Å². The minimum Gasteiger partial charge on any atom is -0.491 e. The standard InChI is InChI=1S/C20H23NO3S/c22-20(11-13-25-19-9-2-1-3-10-19)21-16-6-4-7-17(14-16)24-15-18-8-5-12-23-18/h1-4,6-7,9-10,14,18H,5,8,11-13,15H2,(H,21,22). The van der Waals surface area contributed by atoms with Crippen LogP contribution in [0.25, 0.3) is 0 Å². The van der Waals surface area contributed by atoms with Gasteiger partial charge in [-0.15, -0.1) is 11.8 Å². The SMILES string of the molecule is O=C(CCSc1ccccc1)Nc1cccc(OCC2CCCO2)c1. The van der Waals surface area contributed by atoms with Crippen molar-refractivity contribution in [1.82, 2.24) is 0 Å². The van der Waals surface area contributed by atoms with Gasteiger partial charge in [0.15, 0.2) is 0 Å². The smallest absolute Gasteiger partial charge is 0.225 e. The lowest BCUT2D eigenvalue weighted by molar-refractivity contribution is -0.115. The molecule has 0 saturated carbocycles. The van der Waals surface area contributed by atoms with Crippen molar-refractivity contribution in [1.29, 1.82) is 0 Å². The zero-order valence-corrected chi connectivity index (χ0v) is 15.0. The molecule has 1 unspecified atom stereocenters. The van der Waals surface area contributed by atoms with E-state index in [1.165, 1.54) is 4.90 Å². The fraction of sp³-hybridized carbons (Fsp3) is 0.350. The molecule has 1 aliphatic heterocycles. The Morgan fingerprint density at radius 1 is 1.20 bits per heavy atom. The molecule has 1 amide bonds. The number of hydrogen-bond acceptors (Lipinski definition) is 4. The van der Waals surface area contributed by atoms with Gasteiger partial charge in [0.2, 0.25) is 5.91 Å². The molecule has 2 aromatic carbocycles. The van der Waals surface area contributed by atoms with Gasteiger partial charge in [-0.3, -0.25) is 4.79 Å². The van der Waals surface area contributed by atoms with Crippen LogP contribution in [0.1, 0.15) is 19.3 Å². The number of carbonyl (C=O) groups excluding carboxylic acids is 1. The average molecular weight is 357 g/mol. The summed E-state index contributed by atoms with van der Waals surface area (Å²) >= 11 is 1.69. The van der Waals surface area contributed by atoms with Crippen LogP contribution in [-0.4, -0.2) is 31.0 Å².